The van der Waals surface area contributed by atoms with Gasteiger partial charge in [-0.3, -0.25) is 0 Å². The molecule has 0 spiro atoms. The molecule has 4 aromatic heterocycles. The summed E-state index contributed by atoms with van der Waals surface area (Å²) in [7, 11) is 0. The monoisotopic (exact) mass is 552 g/mol. The molecule has 0 N–H and O–H groups in total. The van der Waals surface area contributed by atoms with Crippen LogP contribution >= 0.6 is 45.3 Å². The first-order chi connectivity index (χ1) is 14.7. The first-order valence-electron chi connectivity index (χ1n) is 9.99. The Morgan fingerprint density at radius 2 is 1.62 bits per heavy atom. The molecule has 11 heteroatoms. The maximum atomic E-state index is 4.77. The third kappa shape index (κ3) is 5.62. The van der Waals surface area contributed by atoms with E-state index in [9.17, 15) is 0 Å². The van der Waals surface area contributed by atoms with Gasteiger partial charge in [-0.2, -0.15) is 11.3 Å². The van der Waals surface area contributed by atoms with E-state index in [0.717, 1.165) is 31.3 Å². The van der Waals surface area contributed by atoms with E-state index in [1.54, 1.807) is 22.7 Å². The number of nitrogens with zero attached hydrogens (tertiary/aromatic N) is 6. The SMILES string of the molecule is CC(C)c1cnc(/N=c2\[n-]c(C(C)(C)c3csc(/N=c4\[n-]cc(C(C)C)s4)n3)cs2)s1.[Zn+2]. The summed E-state index contributed by atoms with van der Waals surface area (Å²) in [6.07, 6.45) is 3.80. The Kier molecular flexibility index (Phi) is 8.20. The van der Waals surface area contributed by atoms with Crippen molar-refractivity contribution in [3.63, 3.8) is 0 Å². The molecule has 0 aliphatic heterocycles. The molecule has 0 unspecified atom stereocenters. The Bertz CT molecular complexity index is 1300. The maximum absolute atomic E-state index is 4.77. The summed E-state index contributed by atoms with van der Waals surface area (Å²) < 4.78 is 0. The molecule has 0 amide bonds. The first kappa shape index (κ1) is 25.4. The van der Waals surface area contributed by atoms with Gasteiger partial charge < -0.3 is 20.0 Å². The Balaban J connectivity index is 0.00000289. The molecule has 0 bridgehead atoms. The fourth-order valence-corrected chi connectivity index (χ4v) is 6.10. The van der Waals surface area contributed by atoms with E-state index in [4.69, 9.17) is 9.97 Å². The molecule has 0 saturated carbocycles. The van der Waals surface area contributed by atoms with Crippen LogP contribution in [0.3, 0.4) is 0 Å². The molecule has 164 valence electrons. The quantitative estimate of drug-likeness (QED) is 0.288. The maximum Gasteiger partial charge on any atom is 2.00 e. The first-order valence-corrected chi connectivity index (χ1v) is 13.4. The van der Waals surface area contributed by atoms with Crippen LogP contribution in [-0.4, -0.2) is 9.97 Å². The summed E-state index contributed by atoms with van der Waals surface area (Å²) in [6, 6.07) is 0. The van der Waals surface area contributed by atoms with Crippen molar-refractivity contribution in [2.75, 3.05) is 0 Å². The van der Waals surface area contributed by atoms with Gasteiger partial charge in [0.2, 0.25) is 0 Å². The molecular formula is C21H24N6S4Zn. The number of rotatable bonds is 6. The van der Waals surface area contributed by atoms with Gasteiger partial charge >= 0.3 is 19.5 Å². The van der Waals surface area contributed by atoms with E-state index in [2.05, 4.69) is 72.3 Å². The average Bonchev–Trinajstić information content (AvgIpc) is 3.50. The second-order valence-electron chi connectivity index (χ2n) is 8.28. The average molecular weight is 554 g/mol. The van der Waals surface area contributed by atoms with Crippen LogP contribution in [0.25, 0.3) is 0 Å². The van der Waals surface area contributed by atoms with E-state index in [1.165, 1.54) is 32.4 Å². The molecule has 4 rings (SSSR count). The predicted octanol–water partition coefficient (Wildman–Crippen LogP) is 5.67. The molecule has 0 atom stereocenters. The van der Waals surface area contributed by atoms with Gasteiger partial charge in [0.25, 0.3) is 0 Å². The van der Waals surface area contributed by atoms with Gasteiger partial charge in [0, 0.05) is 36.3 Å². The van der Waals surface area contributed by atoms with Crippen LogP contribution < -0.4 is 19.6 Å². The van der Waals surface area contributed by atoms with Crippen LogP contribution in [0.15, 0.2) is 33.1 Å². The smallest absolute Gasteiger partial charge is 0.433 e. The van der Waals surface area contributed by atoms with Crippen molar-refractivity contribution in [3.05, 3.63) is 53.9 Å². The molecule has 0 aliphatic carbocycles. The fourth-order valence-electron chi connectivity index (χ4n) is 2.69. The Morgan fingerprint density at radius 1 is 0.906 bits per heavy atom. The third-order valence-corrected chi connectivity index (χ3v) is 8.66. The van der Waals surface area contributed by atoms with Crippen molar-refractivity contribution < 1.29 is 19.5 Å². The van der Waals surface area contributed by atoms with E-state index in [0.29, 0.717) is 11.8 Å². The second kappa shape index (κ2) is 10.3. The van der Waals surface area contributed by atoms with Gasteiger partial charge in [-0.15, -0.1) is 34.0 Å². The molecule has 32 heavy (non-hydrogen) atoms. The third-order valence-electron chi connectivity index (χ3n) is 4.81. The topological polar surface area (TPSA) is 78.7 Å². The summed E-state index contributed by atoms with van der Waals surface area (Å²) in [5, 5.41) is 5.59. The van der Waals surface area contributed by atoms with Gasteiger partial charge in [0.1, 0.15) is 10.3 Å². The zero-order valence-corrected chi connectivity index (χ0v) is 25.2. The van der Waals surface area contributed by atoms with Crippen molar-refractivity contribution in [3.8, 4) is 0 Å². The summed E-state index contributed by atoms with van der Waals surface area (Å²) in [4.78, 5) is 31.5. The molecular weight excluding hydrogens is 530 g/mol. The minimum absolute atomic E-state index is 0. The second-order valence-corrected chi connectivity index (χ2v) is 12.0. The van der Waals surface area contributed by atoms with Gasteiger partial charge in [-0.25, -0.2) is 9.97 Å². The van der Waals surface area contributed by atoms with Gasteiger partial charge in [-0.1, -0.05) is 47.7 Å². The largest absolute Gasteiger partial charge is 2.00 e. The minimum atomic E-state index is -0.341. The summed E-state index contributed by atoms with van der Waals surface area (Å²) in [6.45, 7) is 12.9. The van der Waals surface area contributed by atoms with Gasteiger partial charge in [0.15, 0.2) is 0 Å². The Morgan fingerprint density at radius 3 is 2.28 bits per heavy atom. The standard InChI is InChI=1S/C21H24N6S4.Zn/c1-11(2)13-7-22-17(30-13)26-19-24-15(9-28-19)21(5,6)16-10-29-20(25-16)27-18-23-8-14(31-18)12(3)4;/h7-12H,1-6H3;/q-2;+2. The van der Waals surface area contributed by atoms with E-state index >= 15 is 0 Å². The van der Waals surface area contributed by atoms with Crippen molar-refractivity contribution in [1.82, 2.24) is 19.9 Å². The van der Waals surface area contributed by atoms with E-state index < -0.39 is 0 Å². The summed E-state index contributed by atoms with van der Waals surface area (Å²) >= 11 is 6.30. The summed E-state index contributed by atoms with van der Waals surface area (Å²) in [5.41, 5.74) is 1.56. The van der Waals surface area contributed by atoms with Crippen LogP contribution in [0.1, 0.15) is 74.5 Å². The normalized spacial score (nSPS) is 13.4. The van der Waals surface area contributed by atoms with Crippen molar-refractivity contribution in [1.29, 1.82) is 0 Å². The van der Waals surface area contributed by atoms with Gasteiger partial charge in [-0.05, 0) is 22.9 Å². The molecule has 4 heterocycles. The number of aromatic nitrogens is 4. The van der Waals surface area contributed by atoms with E-state index in [1.807, 2.05) is 12.4 Å². The predicted molar refractivity (Wildman–Crippen MR) is 130 cm³/mol. The fraction of sp³-hybridized carbons (Fsp3) is 0.429. The number of hydrogen-bond acceptors (Lipinski definition) is 8. The number of thiazole rings is 4. The molecule has 0 fully saturated rings. The Hall–Kier alpha value is -1.26. The molecule has 0 aliphatic rings. The van der Waals surface area contributed by atoms with Crippen LogP contribution in [0, 0.1) is 0 Å². The van der Waals surface area contributed by atoms with Crippen LogP contribution in [-0.2, 0) is 24.9 Å². The van der Waals surface area contributed by atoms with Crippen molar-refractivity contribution in [2.24, 2.45) is 9.98 Å². The molecule has 0 saturated heterocycles. The zero-order valence-electron chi connectivity index (χ0n) is 19.0. The number of hydrogen-bond donors (Lipinski definition) is 0. The molecule has 0 aromatic carbocycles. The Labute approximate surface area is 216 Å². The van der Waals surface area contributed by atoms with Gasteiger partial charge in [0.05, 0.1) is 5.69 Å². The molecule has 6 nitrogen and oxygen atoms in total. The molecule has 0 radical (unpaired) electrons. The van der Waals surface area contributed by atoms with Crippen LogP contribution in [0.5, 0.6) is 0 Å². The van der Waals surface area contributed by atoms with E-state index in [-0.39, 0.29) is 24.9 Å². The summed E-state index contributed by atoms with van der Waals surface area (Å²) in [5.74, 6) is 0.913. The minimum Gasteiger partial charge on any atom is -0.433 e. The zero-order chi connectivity index (χ0) is 22.2. The van der Waals surface area contributed by atoms with Crippen molar-refractivity contribution in [2.45, 2.75) is 58.8 Å². The van der Waals surface area contributed by atoms with Crippen molar-refractivity contribution >= 4 is 55.6 Å². The molecule has 4 aromatic rings. The van der Waals surface area contributed by atoms with Crippen LogP contribution in [0.4, 0.5) is 10.3 Å². The van der Waals surface area contributed by atoms with Crippen LogP contribution in [0.2, 0.25) is 0 Å².